The number of nitrogens with zero attached hydrogens (tertiary/aromatic N) is 1. The Labute approximate surface area is 178 Å². The van der Waals surface area contributed by atoms with E-state index in [1.807, 2.05) is 52.5 Å². The van der Waals surface area contributed by atoms with Gasteiger partial charge in [-0.15, -0.1) is 11.3 Å². The first-order chi connectivity index (χ1) is 13.5. The number of aryl methyl sites for hydroxylation is 1. The highest BCUT2D eigenvalue weighted by Crippen LogP contribution is 2.33. The van der Waals surface area contributed by atoms with Crippen LogP contribution in [-0.4, -0.2) is 41.2 Å². The molecular weight excluding hydrogens is 386 g/mol. The summed E-state index contributed by atoms with van der Waals surface area (Å²) in [5, 5.41) is 6.65. The standard InChI is InChI=1S/C22H35N3O3S/c1-7-25(8-2)20(28)22(12-10-9-11-13-22)24-18(26)17-15(3)14-16(29-17)23-19(27)21(4,5)6/h14H,7-13H2,1-6H3,(H,23,27)(H,24,26). The molecule has 6 nitrogen and oxygen atoms in total. The van der Waals surface area contributed by atoms with Crippen LogP contribution >= 0.6 is 11.3 Å². The van der Waals surface area contributed by atoms with Gasteiger partial charge in [0.2, 0.25) is 11.8 Å². The number of thiophene rings is 1. The number of rotatable bonds is 6. The van der Waals surface area contributed by atoms with E-state index in [-0.39, 0.29) is 17.7 Å². The summed E-state index contributed by atoms with van der Waals surface area (Å²) in [4.78, 5) is 41.0. The van der Waals surface area contributed by atoms with Gasteiger partial charge < -0.3 is 15.5 Å². The van der Waals surface area contributed by atoms with Crippen LogP contribution < -0.4 is 10.6 Å². The number of anilines is 1. The Morgan fingerprint density at radius 2 is 1.69 bits per heavy atom. The molecular formula is C22H35N3O3S. The van der Waals surface area contributed by atoms with E-state index in [2.05, 4.69) is 10.6 Å². The van der Waals surface area contributed by atoms with Crippen molar-refractivity contribution < 1.29 is 14.4 Å². The average molecular weight is 422 g/mol. The number of hydrogen-bond acceptors (Lipinski definition) is 4. The van der Waals surface area contributed by atoms with Crippen molar-refractivity contribution in [2.45, 2.75) is 79.2 Å². The Balaban J connectivity index is 2.24. The molecule has 29 heavy (non-hydrogen) atoms. The van der Waals surface area contributed by atoms with Gasteiger partial charge in [-0.3, -0.25) is 14.4 Å². The largest absolute Gasteiger partial charge is 0.341 e. The van der Waals surface area contributed by atoms with Crippen molar-refractivity contribution in [1.82, 2.24) is 10.2 Å². The Hall–Kier alpha value is -1.89. The Morgan fingerprint density at radius 1 is 1.10 bits per heavy atom. The van der Waals surface area contributed by atoms with Crippen molar-refractivity contribution in [2.24, 2.45) is 5.41 Å². The molecule has 1 aromatic rings. The van der Waals surface area contributed by atoms with Gasteiger partial charge in [-0.1, -0.05) is 40.0 Å². The SMILES string of the molecule is CCN(CC)C(=O)C1(NC(=O)c2sc(NC(=O)C(C)(C)C)cc2C)CCCCC1. The molecule has 2 rings (SSSR count). The smallest absolute Gasteiger partial charge is 0.262 e. The lowest BCUT2D eigenvalue weighted by Crippen LogP contribution is -2.60. The Morgan fingerprint density at radius 3 is 2.21 bits per heavy atom. The molecule has 0 aliphatic heterocycles. The summed E-state index contributed by atoms with van der Waals surface area (Å²) in [5.74, 6) is -0.302. The summed E-state index contributed by atoms with van der Waals surface area (Å²) in [7, 11) is 0. The normalized spacial score (nSPS) is 16.2. The predicted octanol–water partition coefficient (Wildman–Crippen LogP) is 4.34. The molecule has 0 atom stereocenters. The van der Waals surface area contributed by atoms with Gasteiger partial charge in [0.1, 0.15) is 5.54 Å². The maximum atomic E-state index is 13.3. The molecule has 3 amide bonds. The maximum Gasteiger partial charge on any atom is 0.262 e. The predicted molar refractivity (Wildman–Crippen MR) is 118 cm³/mol. The molecule has 1 heterocycles. The zero-order chi connectivity index (χ0) is 21.8. The highest BCUT2D eigenvalue weighted by Gasteiger charge is 2.43. The second kappa shape index (κ2) is 9.28. The van der Waals surface area contributed by atoms with E-state index >= 15 is 0 Å². The van der Waals surface area contributed by atoms with E-state index in [1.54, 1.807) is 0 Å². The van der Waals surface area contributed by atoms with Crippen LogP contribution in [0, 0.1) is 12.3 Å². The highest BCUT2D eigenvalue weighted by atomic mass is 32.1. The molecule has 0 aromatic carbocycles. The lowest BCUT2D eigenvalue weighted by atomic mass is 9.80. The van der Waals surface area contributed by atoms with Gasteiger partial charge in [0, 0.05) is 18.5 Å². The van der Waals surface area contributed by atoms with E-state index in [4.69, 9.17) is 0 Å². The minimum atomic E-state index is -0.827. The molecule has 2 N–H and O–H groups in total. The summed E-state index contributed by atoms with van der Waals surface area (Å²) < 4.78 is 0. The number of amides is 3. The lowest BCUT2D eigenvalue weighted by molar-refractivity contribution is -0.139. The van der Waals surface area contributed by atoms with E-state index < -0.39 is 11.0 Å². The van der Waals surface area contributed by atoms with Crippen LogP contribution in [0.2, 0.25) is 0 Å². The van der Waals surface area contributed by atoms with Gasteiger partial charge in [0.05, 0.1) is 9.88 Å². The maximum absolute atomic E-state index is 13.3. The van der Waals surface area contributed by atoms with Gasteiger partial charge in [-0.25, -0.2) is 0 Å². The molecule has 0 unspecified atom stereocenters. The Bertz CT molecular complexity index is 754. The summed E-state index contributed by atoms with van der Waals surface area (Å²) >= 11 is 1.26. The quantitative estimate of drug-likeness (QED) is 0.717. The van der Waals surface area contributed by atoms with Gasteiger partial charge in [-0.2, -0.15) is 0 Å². The summed E-state index contributed by atoms with van der Waals surface area (Å²) in [6.07, 6.45) is 4.30. The van der Waals surface area contributed by atoms with Crippen LogP contribution in [0.1, 0.15) is 82.0 Å². The minimum Gasteiger partial charge on any atom is -0.341 e. The third-order valence-electron chi connectivity index (χ3n) is 5.56. The first-order valence-corrected chi connectivity index (χ1v) is 11.4. The topological polar surface area (TPSA) is 78.5 Å². The summed E-state index contributed by atoms with van der Waals surface area (Å²) in [5.41, 5.74) is -0.534. The van der Waals surface area contributed by atoms with E-state index in [0.29, 0.717) is 35.8 Å². The zero-order valence-corrected chi connectivity index (χ0v) is 19.4. The van der Waals surface area contributed by atoms with Gasteiger partial charge >= 0.3 is 0 Å². The second-order valence-corrected chi connectivity index (χ2v) is 9.95. The van der Waals surface area contributed by atoms with Crippen molar-refractivity contribution in [3.8, 4) is 0 Å². The van der Waals surface area contributed by atoms with Gasteiger partial charge in [0.15, 0.2) is 0 Å². The monoisotopic (exact) mass is 421 g/mol. The van der Waals surface area contributed by atoms with E-state index in [1.165, 1.54) is 11.3 Å². The van der Waals surface area contributed by atoms with Gasteiger partial charge in [0.25, 0.3) is 5.91 Å². The van der Waals surface area contributed by atoms with E-state index in [0.717, 1.165) is 24.8 Å². The fraction of sp³-hybridized carbons (Fsp3) is 0.682. The van der Waals surface area contributed by atoms with Crippen LogP contribution in [0.15, 0.2) is 6.07 Å². The molecule has 0 spiro atoms. The zero-order valence-electron chi connectivity index (χ0n) is 18.6. The highest BCUT2D eigenvalue weighted by molar-refractivity contribution is 7.18. The third kappa shape index (κ3) is 5.38. The van der Waals surface area contributed by atoms with Crippen LogP contribution in [0.25, 0.3) is 0 Å². The molecule has 0 bridgehead atoms. The van der Waals surface area contributed by atoms with Crippen molar-refractivity contribution >= 4 is 34.1 Å². The van der Waals surface area contributed by atoms with Crippen molar-refractivity contribution in [3.05, 3.63) is 16.5 Å². The number of carbonyl (C=O) groups is 3. The third-order valence-corrected chi connectivity index (χ3v) is 6.71. The molecule has 0 saturated heterocycles. The van der Waals surface area contributed by atoms with Gasteiger partial charge in [-0.05, 0) is 45.2 Å². The first-order valence-electron chi connectivity index (χ1n) is 10.6. The van der Waals surface area contributed by atoms with Crippen LogP contribution in [-0.2, 0) is 9.59 Å². The number of nitrogens with one attached hydrogen (secondary N) is 2. The average Bonchev–Trinajstić information content (AvgIpc) is 3.03. The Kier molecular flexibility index (Phi) is 7.49. The van der Waals surface area contributed by atoms with Crippen LogP contribution in [0.4, 0.5) is 5.00 Å². The summed E-state index contributed by atoms with van der Waals surface area (Å²) in [6.45, 7) is 12.6. The van der Waals surface area contributed by atoms with E-state index in [9.17, 15) is 14.4 Å². The molecule has 162 valence electrons. The fourth-order valence-corrected chi connectivity index (χ4v) is 4.67. The van der Waals surface area contributed by atoms with Crippen molar-refractivity contribution in [3.63, 3.8) is 0 Å². The van der Waals surface area contributed by atoms with Crippen LogP contribution in [0.3, 0.4) is 0 Å². The second-order valence-electron chi connectivity index (χ2n) is 8.90. The number of likely N-dealkylation sites (N-methyl/N-ethyl adjacent to an activating group) is 1. The molecule has 1 fully saturated rings. The minimum absolute atomic E-state index is 0.0195. The fourth-order valence-electron chi connectivity index (χ4n) is 3.70. The number of hydrogen-bond donors (Lipinski definition) is 2. The summed E-state index contributed by atoms with van der Waals surface area (Å²) in [6, 6.07) is 1.82. The number of carbonyl (C=O) groups excluding carboxylic acids is 3. The molecule has 7 heteroatoms. The molecule has 1 saturated carbocycles. The molecule has 1 aliphatic rings. The van der Waals surface area contributed by atoms with Crippen LogP contribution in [0.5, 0.6) is 0 Å². The molecule has 1 aromatic heterocycles. The van der Waals surface area contributed by atoms with Crippen molar-refractivity contribution in [1.29, 1.82) is 0 Å². The van der Waals surface area contributed by atoms with Crippen molar-refractivity contribution in [2.75, 3.05) is 18.4 Å². The molecule has 1 aliphatic carbocycles. The lowest BCUT2D eigenvalue weighted by Gasteiger charge is -2.40. The molecule has 0 radical (unpaired) electrons. The first kappa shape index (κ1) is 23.4.